The van der Waals surface area contributed by atoms with Gasteiger partial charge in [-0.25, -0.2) is 5.84 Å². The Morgan fingerprint density at radius 2 is 1.85 bits per heavy atom. The summed E-state index contributed by atoms with van der Waals surface area (Å²) in [7, 11) is -0.849. The van der Waals surface area contributed by atoms with Gasteiger partial charge in [-0.05, 0) is 0 Å². The number of amides is 2. The molecule has 6 nitrogen and oxygen atoms in total. The maximum Gasteiger partial charge on any atom is 0.323 e. The number of carbonyl (C=O) groups excluding carboxylic acids is 2. The Morgan fingerprint density at radius 1 is 1.31 bits per heavy atom. The molecule has 0 saturated carbocycles. The van der Waals surface area contributed by atoms with Gasteiger partial charge in [0.2, 0.25) is 0 Å². The van der Waals surface area contributed by atoms with Gasteiger partial charge in [0.25, 0.3) is 0 Å². The highest BCUT2D eigenvalue weighted by Gasteiger charge is 2.24. The molecule has 1 aliphatic rings. The first-order chi connectivity index (χ1) is 6.15. The van der Waals surface area contributed by atoms with Crippen LogP contribution in [0.5, 0.6) is 0 Å². The Hall–Kier alpha value is -0.950. The molecule has 0 radical (unpaired) electrons. The molecule has 0 aromatic carbocycles. The molecule has 13 heavy (non-hydrogen) atoms. The van der Waals surface area contributed by atoms with Crippen molar-refractivity contribution in [2.75, 3.05) is 24.6 Å². The number of nitrogens with zero attached hydrogens (tertiary/aromatic N) is 1. The minimum Gasteiger partial charge on any atom is -0.333 e. The van der Waals surface area contributed by atoms with E-state index in [1.165, 1.54) is 4.90 Å². The van der Waals surface area contributed by atoms with Gasteiger partial charge in [0.05, 0.1) is 0 Å². The Kier molecular flexibility index (Phi) is 3.38. The number of nitrogens with one attached hydrogen (secondary N) is 1. The van der Waals surface area contributed by atoms with Crippen molar-refractivity contribution in [3.05, 3.63) is 0 Å². The van der Waals surface area contributed by atoms with E-state index in [4.69, 9.17) is 5.84 Å². The summed E-state index contributed by atoms with van der Waals surface area (Å²) in [5.41, 5.74) is 1.77. The van der Waals surface area contributed by atoms with Crippen LogP contribution in [0.2, 0.25) is 0 Å². The molecular formula is C6H11N3O3S. The van der Waals surface area contributed by atoms with Crippen LogP contribution in [0.3, 0.4) is 0 Å². The average Bonchev–Trinajstić information content (AvgIpc) is 2.17. The first-order valence-corrected chi connectivity index (χ1v) is 5.29. The van der Waals surface area contributed by atoms with E-state index in [9.17, 15) is 13.8 Å². The molecule has 3 N–H and O–H groups in total. The van der Waals surface area contributed by atoms with E-state index in [0.29, 0.717) is 24.6 Å². The second-order valence-corrected chi connectivity index (χ2v) is 4.31. The second kappa shape index (κ2) is 4.33. The lowest BCUT2D eigenvalue weighted by atomic mass is 10.4. The molecular weight excluding hydrogens is 194 g/mol. The monoisotopic (exact) mass is 205 g/mol. The lowest BCUT2D eigenvalue weighted by Gasteiger charge is -2.25. The van der Waals surface area contributed by atoms with Gasteiger partial charge < -0.3 is 4.90 Å². The van der Waals surface area contributed by atoms with Crippen molar-refractivity contribution in [3.8, 4) is 0 Å². The highest BCUT2D eigenvalue weighted by Crippen LogP contribution is 1.99. The van der Waals surface area contributed by atoms with Gasteiger partial charge in [0.15, 0.2) is 0 Å². The van der Waals surface area contributed by atoms with Crippen molar-refractivity contribution in [2.24, 2.45) is 5.84 Å². The molecule has 1 fully saturated rings. The Balaban J connectivity index is 2.49. The molecule has 0 atom stereocenters. The van der Waals surface area contributed by atoms with Gasteiger partial charge in [0.1, 0.15) is 0 Å². The lowest BCUT2D eigenvalue weighted by molar-refractivity contribution is -0.145. The largest absolute Gasteiger partial charge is 0.333 e. The average molecular weight is 205 g/mol. The number of hydrogen-bond donors (Lipinski definition) is 2. The number of hydrazine groups is 1. The fourth-order valence-corrected chi connectivity index (χ4v) is 2.10. The van der Waals surface area contributed by atoms with Crippen molar-refractivity contribution in [3.63, 3.8) is 0 Å². The minimum absolute atomic E-state index is 0.360. The van der Waals surface area contributed by atoms with Crippen LogP contribution in [0.1, 0.15) is 0 Å². The summed E-state index contributed by atoms with van der Waals surface area (Å²) in [6.07, 6.45) is 0. The SMILES string of the molecule is NNC(=O)C(=O)N1CCS(=O)CC1. The molecule has 0 aromatic rings. The zero-order chi connectivity index (χ0) is 9.84. The minimum atomic E-state index is -0.849. The van der Waals surface area contributed by atoms with Crippen molar-refractivity contribution in [2.45, 2.75) is 0 Å². The Bertz CT molecular complexity index is 246. The summed E-state index contributed by atoms with van der Waals surface area (Å²) in [6, 6.07) is 0. The molecule has 0 aromatic heterocycles. The molecule has 7 heteroatoms. The first kappa shape index (κ1) is 10.1. The second-order valence-electron chi connectivity index (χ2n) is 2.61. The zero-order valence-corrected chi connectivity index (χ0v) is 7.80. The Labute approximate surface area is 77.9 Å². The quantitative estimate of drug-likeness (QED) is 0.199. The third-order valence-electron chi connectivity index (χ3n) is 1.79. The van der Waals surface area contributed by atoms with Crippen molar-refractivity contribution in [1.29, 1.82) is 0 Å². The molecule has 1 saturated heterocycles. The van der Waals surface area contributed by atoms with Crippen LogP contribution in [-0.2, 0) is 20.4 Å². The fourth-order valence-electron chi connectivity index (χ4n) is 1.05. The maximum atomic E-state index is 11.2. The smallest absolute Gasteiger partial charge is 0.323 e. The van der Waals surface area contributed by atoms with Gasteiger partial charge in [-0.15, -0.1) is 0 Å². The molecule has 0 aliphatic carbocycles. The van der Waals surface area contributed by atoms with Crippen LogP contribution in [0.25, 0.3) is 0 Å². The number of hydrogen-bond acceptors (Lipinski definition) is 4. The molecule has 0 unspecified atom stereocenters. The molecule has 1 heterocycles. The first-order valence-electron chi connectivity index (χ1n) is 3.80. The third kappa shape index (κ3) is 2.49. The topological polar surface area (TPSA) is 92.5 Å². The number of rotatable bonds is 0. The van der Waals surface area contributed by atoms with Gasteiger partial charge in [-0.2, -0.15) is 0 Å². The third-order valence-corrected chi connectivity index (χ3v) is 3.07. The molecule has 1 aliphatic heterocycles. The number of carbonyl (C=O) groups is 2. The van der Waals surface area contributed by atoms with Crippen molar-refractivity contribution >= 4 is 22.6 Å². The van der Waals surface area contributed by atoms with E-state index in [-0.39, 0.29) is 0 Å². The molecule has 2 amide bonds. The van der Waals surface area contributed by atoms with E-state index in [2.05, 4.69) is 0 Å². The van der Waals surface area contributed by atoms with Crippen molar-refractivity contribution in [1.82, 2.24) is 10.3 Å². The maximum absolute atomic E-state index is 11.2. The van der Waals surface area contributed by atoms with E-state index in [1.54, 1.807) is 5.43 Å². The summed E-state index contributed by atoms with van der Waals surface area (Å²) in [5.74, 6) is 4.19. The van der Waals surface area contributed by atoms with Crippen molar-refractivity contribution < 1.29 is 13.8 Å². The van der Waals surface area contributed by atoms with Crippen LogP contribution in [0, 0.1) is 0 Å². The summed E-state index contributed by atoms with van der Waals surface area (Å²) in [4.78, 5) is 23.3. The van der Waals surface area contributed by atoms with Crippen LogP contribution >= 0.6 is 0 Å². The van der Waals surface area contributed by atoms with Gasteiger partial charge >= 0.3 is 11.8 Å². The molecule has 0 bridgehead atoms. The van der Waals surface area contributed by atoms with E-state index < -0.39 is 22.6 Å². The molecule has 0 spiro atoms. The fraction of sp³-hybridized carbons (Fsp3) is 0.667. The highest BCUT2D eigenvalue weighted by molar-refractivity contribution is 7.85. The summed E-state index contributed by atoms with van der Waals surface area (Å²) >= 11 is 0. The van der Waals surface area contributed by atoms with E-state index in [1.807, 2.05) is 0 Å². The van der Waals surface area contributed by atoms with Crippen LogP contribution < -0.4 is 11.3 Å². The highest BCUT2D eigenvalue weighted by atomic mass is 32.2. The number of nitrogens with two attached hydrogens (primary N) is 1. The van der Waals surface area contributed by atoms with E-state index in [0.717, 1.165) is 0 Å². The normalized spacial score (nSPS) is 18.4. The molecule has 74 valence electrons. The van der Waals surface area contributed by atoms with Gasteiger partial charge in [-0.1, -0.05) is 0 Å². The van der Waals surface area contributed by atoms with Crippen LogP contribution in [-0.4, -0.2) is 45.5 Å². The van der Waals surface area contributed by atoms with Crippen LogP contribution in [0.15, 0.2) is 0 Å². The predicted molar refractivity (Wildman–Crippen MR) is 46.8 cm³/mol. The summed E-state index contributed by atoms with van der Waals surface area (Å²) in [5, 5.41) is 0. The summed E-state index contributed by atoms with van der Waals surface area (Å²) < 4.78 is 10.9. The lowest BCUT2D eigenvalue weighted by Crippen LogP contribution is -2.49. The standard InChI is InChI=1S/C6H11N3O3S/c7-8-5(10)6(11)9-1-3-13(12)4-2-9/h1-4,7H2,(H,8,10). The van der Waals surface area contributed by atoms with Gasteiger partial charge in [-0.3, -0.25) is 19.2 Å². The molecule has 1 rings (SSSR count). The van der Waals surface area contributed by atoms with Gasteiger partial charge in [0, 0.05) is 35.4 Å². The Morgan fingerprint density at radius 3 is 2.31 bits per heavy atom. The zero-order valence-electron chi connectivity index (χ0n) is 6.99. The summed E-state index contributed by atoms with van der Waals surface area (Å²) in [6.45, 7) is 0.720. The predicted octanol–water partition coefficient (Wildman–Crippen LogP) is -2.43. The van der Waals surface area contributed by atoms with Crippen LogP contribution in [0.4, 0.5) is 0 Å². The van der Waals surface area contributed by atoms with E-state index >= 15 is 0 Å².